The Bertz CT molecular complexity index is 1380. The summed E-state index contributed by atoms with van der Waals surface area (Å²) in [6.45, 7) is 2.68. The number of nitrogens with one attached hydrogen (secondary N) is 1. The lowest BCUT2D eigenvalue weighted by Crippen LogP contribution is -2.23. The molecule has 0 saturated heterocycles. The van der Waals surface area contributed by atoms with Crippen molar-refractivity contribution in [1.82, 2.24) is 9.88 Å². The van der Waals surface area contributed by atoms with Gasteiger partial charge in [0.25, 0.3) is 0 Å². The number of hydrogen-bond donors (Lipinski definition) is 1. The third-order valence-electron chi connectivity index (χ3n) is 6.01. The van der Waals surface area contributed by atoms with Gasteiger partial charge < -0.3 is 14.6 Å². The summed E-state index contributed by atoms with van der Waals surface area (Å²) >= 11 is 6.03. The van der Waals surface area contributed by atoms with Crippen LogP contribution < -0.4 is 10.1 Å². The van der Waals surface area contributed by atoms with E-state index in [0.717, 1.165) is 39.4 Å². The molecule has 0 atom stereocenters. The van der Waals surface area contributed by atoms with Crippen LogP contribution in [0.4, 0.5) is 4.39 Å². The maximum absolute atomic E-state index is 15.1. The van der Waals surface area contributed by atoms with Gasteiger partial charge in [0, 0.05) is 34.8 Å². The highest BCUT2D eigenvalue weighted by Crippen LogP contribution is 2.41. The highest BCUT2D eigenvalue weighted by atomic mass is 35.5. The van der Waals surface area contributed by atoms with E-state index in [1.807, 2.05) is 66.1 Å². The zero-order valence-corrected chi connectivity index (χ0v) is 19.5. The molecule has 1 amide bonds. The van der Waals surface area contributed by atoms with E-state index in [1.54, 1.807) is 12.1 Å². The van der Waals surface area contributed by atoms with Crippen molar-refractivity contribution in [3.63, 3.8) is 0 Å². The van der Waals surface area contributed by atoms with Gasteiger partial charge in [-0.2, -0.15) is 0 Å². The van der Waals surface area contributed by atoms with Gasteiger partial charge in [-0.25, -0.2) is 4.39 Å². The van der Waals surface area contributed by atoms with Gasteiger partial charge >= 0.3 is 0 Å². The minimum absolute atomic E-state index is 0.0771. The molecule has 6 heteroatoms. The molecule has 1 aromatic heterocycles. The number of fused-ring (bicyclic) bond motifs is 3. The topological polar surface area (TPSA) is 43.3 Å². The van der Waals surface area contributed by atoms with Gasteiger partial charge in [0.15, 0.2) is 0 Å². The van der Waals surface area contributed by atoms with E-state index in [0.29, 0.717) is 30.3 Å². The lowest BCUT2D eigenvalue weighted by atomic mass is 10.0. The van der Waals surface area contributed by atoms with Crippen molar-refractivity contribution in [2.24, 2.45) is 0 Å². The molecule has 3 aromatic carbocycles. The van der Waals surface area contributed by atoms with Crippen LogP contribution in [0, 0.1) is 12.7 Å². The SMILES string of the molecule is Cc1ccc(-n2c(CCC(=O)NCc3cccc(Cl)c3)cc3c2-c2ccccc2OC3)c(F)c1. The molecule has 0 radical (unpaired) electrons. The highest BCUT2D eigenvalue weighted by Gasteiger charge is 2.26. The lowest BCUT2D eigenvalue weighted by Gasteiger charge is -2.21. The smallest absolute Gasteiger partial charge is 0.220 e. The summed E-state index contributed by atoms with van der Waals surface area (Å²) in [6, 6.07) is 22.4. The van der Waals surface area contributed by atoms with Crippen LogP contribution in [0.3, 0.4) is 0 Å². The van der Waals surface area contributed by atoms with E-state index >= 15 is 4.39 Å². The summed E-state index contributed by atoms with van der Waals surface area (Å²) in [7, 11) is 0. The Morgan fingerprint density at radius 1 is 1.09 bits per heavy atom. The van der Waals surface area contributed by atoms with Crippen molar-refractivity contribution >= 4 is 17.5 Å². The zero-order chi connectivity index (χ0) is 23.7. The van der Waals surface area contributed by atoms with Crippen molar-refractivity contribution in [2.75, 3.05) is 0 Å². The summed E-state index contributed by atoms with van der Waals surface area (Å²) in [5, 5.41) is 3.58. The van der Waals surface area contributed by atoms with Crippen LogP contribution >= 0.6 is 11.6 Å². The monoisotopic (exact) mass is 474 g/mol. The van der Waals surface area contributed by atoms with Crippen molar-refractivity contribution < 1.29 is 13.9 Å². The normalized spacial score (nSPS) is 12.0. The van der Waals surface area contributed by atoms with E-state index in [-0.39, 0.29) is 18.1 Å². The minimum Gasteiger partial charge on any atom is -0.488 e. The van der Waals surface area contributed by atoms with Gasteiger partial charge in [-0.15, -0.1) is 0 Å². The summed E-state index contributed by atoms with van der Waals surface area (Å²) in [4.78, 5) is 12.6. The number of ether oxygens (including phenoxy) is 1. The van der Waals surface area contributed by atoms with Crippen molar-refractivity contribution in [3.05, 3.63) is 106 Å². The number of halogens is 2. The van der Waals surface area contributed by atoms with Crippen LogP contribution in [0.25, 0.3) is 16.9 Å². The molecule has 1 N–H and O–H groups in total. The number of benzene rings is 3. The second-order valence-corrected chi connectivity index (χ2v) is 8.93. The summed E-state index contributed by atoms with van der Waals surface area (Å²) in [6.07, 6.45) is 0.739. The standard InChI is InChI=1S/C28H24ClFN2O2/c1-18-9-11-25(24(30)13-18)32-22(10-12-27(33)31-16-19-5-4-6-21(29)14-19)15-20-17-34-26-8-3-2-7-23(26)28(20)32/h2-9,11,13-15H,10,12,16-17H2,1H3,(H,31,33). The maximum Gasteiger partial charge on any atom is 0.220 e. The summed E-state index contributed by atoms with van der Waals surface area (Å²) in [5.74, 6) is 0.397. The molecule has 0 spiro atoms. The quantitative estimate of drug-likeness (QED) is 0.352. The van der Waals surface area contributed by atoms with Crippen LogP contribution in [-0.4, -0.2) is 10.5 Å². The van der Waals surface area contributed by atoms with Crippen molar-refractivity contribution in [3.8, 4) is 22.7 Å². The van der Waals surface area contributed by atoms with Crippen LogP contribution in [0.1, 0.15) is 28.8 Å². The van der Waals surface area contributed by atoms with E-state index < -0.39 is 0 Å². The molecule has 0 saturated carbocycles. The maximum atomic E-state index is 15.1. The molecule has 0 aliphatic carbocycles. The fourth-order valence-electron chi connectivity index (χ4n) is 4.40. The first-order valence-corrected chi connectivity index (χ1v) is 11.6. The molecule has 4 aromatic rings. The Morgan fingerprint density at radius 3 is 2.76 bits per heavy atom. The molecule has 4 nitrogen and oxygen atoms in total. The average Bonchev–Trinajstić information content (AvgIpc) is 3.20. The van der Waals surface area contributed by atoms with E-state index in [9.17, 15) is 4.79 Å². The van der Waals surface area contributed by atoms with Crippen LogP contribution in [0.5, 0.6) is 5.75 Å². The Kier molecular flexibility index (Phi) is 6.12. The number of aryl methyl sites for hydroxylation is 2. The molecule has 0 unspecified atom stereocenters. The number of carbonyl (C=O) groups excluding carboxylic acids is 1. The second-order valence-electron chi connectivity index (χ2n) is 8.49. The largest absolute Gasteiger partial charge is 0.488 e. The summed E-state index contributed by atoms with van der Waals surface area (Å²) in [5.41, 5.74) is 5.94. The lowest BCUT2D eigenvalue weighted by molar-refractivity contribution is -0.121. The molecule has 1 aliphatic rings. The Labute approximate surface area is 202 Å². The minimum atomic E-state index is -0.297. The first kappa shape index (κ1) is 22.2. The number of amides is 1. The van der Waals surface area contributed by atoms with Gasteiger partial charge in [0.05, 0.1) is 11.4 Å². The molecular weight excluding hydrogens is 451 g/mol. The Hall–Kier alpha value is -3.57. The zero-order valence-electron chi connectivity index (χ0n) is 18.8. The van der Waals surface area contributed by atoms with E-state index in [1.165, 1.54) is 6.07 Å². The molecule has 1 aliphatic heterocycles. The van der Waals surface area contributed by atoms with Gasteiger partial charge in [-0.3, -0.25) is 4.79 Å². The number of aromatic nitrogens is 1. The summed E-state index contributed by atoms with van der Waals surface area (Å²) < 4.78 is 23.0. The number of nitrogens with zero attached hydrogens (tertiary/aromatic N) is 1. The van der Waals surface area contributed by atoms with Gasteiger partial charge in [0.2, 0.25) is 5.91 Å². The number of para-hydroxylation sites is 1. The predicted octanol–water partition coefficient (Wildman–Crippen LogP) is 6.39. The number of rotatable bonds is 6. The molecular formula is C28H24ClFN2O2. The van der Waals surface area contributed by atoms with Crippen LogP contribution in [0.2, 0.25) is 5.02 Å². The van der Waals surface area contributed by atoms with Crippen LogP contribution in [-0.2, 0) is 24.4 Å². The molecule has 34 heavy (non-hydrogen) atoms. The van der Waals surface area contributed by atoms with E-state index in [2.05, 4.69) is 5.32 Å². The van der Waals surface area contributed by atoms with Gasteiger partial charge in [0.1, 0.15) is 18.2 Å². The molecule has 5 rings (SSSR count). The second kappa shape index (κ2) is 9.35. The first-order valence-electron chi connectivity index (χ1n) is 11.2. The van der Waals surface area contributed by atoms with E-state index in [4.69, 9.17) is 16.3 Å². The first-order chi connectivity index (χ1) is 16.5. The molecule has 172 valence electrons. The molecule has 0 bridgehead atoms. The van der Waals surface area contributed by atoms with Gasteiger partial charge in [-0.05, 0) is 66.9 Å². The fourth-order valence-corrected chi connectivity index (χ4v) is 4.61. The molecule has 0 fully saturated rings. The highest BCUT2D eigenvalue weighted by molar-refractivity contribution is 6.30. The molecule has 2 heterocycles. The van der Waals surface area contributed by atoms with Gasteiger partial charge in [-0.1, -0.05) is 41.9 Å². The Balaban J connectivity index is 1.44. The van der Waals surface area contributed by atoms with Crippen molar-refractivity contribution in [1.29, 1.82) is 0 Å². The third-order valence-corrected chi connectivity index (χ3v) is 6.25. The van der Waals surface area contributed by atoms with Crippen molar-refractivity contribution in [2.45, 2.75) is 32.9 Å². The fraction of sp³-hybridized carbons (Fsp3) is 0.179. The number of carbonyl (C=O) groups is 1. The number of hydrogen-bond acceptors (Lipinski definition) is 2. The Morgan fingerprint density at radius 2 is 1.94 bits per heavy atom. The third kappa shape index (κ3) is 4.44. The predicted molar refractivity (Wildman–Crippen MR) is 132 cm³/mol. The average molecular weight is 475 g/mol. The van der Waals surface area contributed by atoms with Crippen LogP contribution in [0.15, 0.2) is 72.8 Å².